The van der Waals surface area contributed by atoms with Gasteiger partial charge in [-0.3, -0.25) is 9.00 Å². The Balaban J connectivity index is 1.53. The van der Waals surface area contributed by atoms with E-state index in [1.54, 1.807) is 24.3 Å². The van der Waals surface area contributed by atoms with Gasteiger partial charge in [-0.05, 0) is 35.4 Å². The van der Waals surface area contributed by atoms with Crippen LogP contribution in [0.4, 0.5) is 10.1 Å². The molecule has 3 nitrogen and oxygen atoms in total. The number of rotatable bonds is 8. The van der Waals surface area contributed by atoms with E-state index < -0.39 is 10.8 Å². The van der Waals surface area contributed by atoms with Crippen molar-refractivity contribution in [3.63, 3.8) is 0 Å². The van der Waals surface area contributed by atoms with E-state index in [0.29, 0.717) is 22.1 Å². The van der Waals surface area contributed by atoms with Gasteiger partial charge in [0, 0.05) is 32.9 Å². The maximum Gasteiger partial charge on any atom is 0.234 e. The van der Waals surface area contributed by atoms with E-state index in [2.05, 4.69) is 5.32 Å². The molecule has 0 bridgehead atoms. The molecule has 1 amide bonds. The molecule has 3 aromatic rings. The minimum Gasteiger partial charge on any atom is -0.325 e. The lowest BCUT2D eigenvalue weighted by Crippen LogP contribution is -2.14. The minimum absolute atomic E-state index is 0.116. The summed E-state index contributed by atoms with van der Waals surface area (Å²) in [6, 6.07) is 23.4. The van der Waals surface area contributed by atoms with E-state index in [-0.39, 0.29) is 17.5 Å². The zero-order chi connectivity index (χ0) is 19.8. The predicted molar refractivity (Wildman–Crippen MR) is 114 cm³/mol. The second kappa shape index (κ2) is 10.2. The summed E-state index contributed by atoms with van der Waals surface area (Å²) in [6.45, 7) is 0. The zero-order valence-electron chi connectivity index (χ0n) is 15.1. The van der Waals surface area contributed by atoms with Crippen molar-refractivity contribution in [3.05, 3.63) is 95.8 Å². The van der Waals surface area contributed by atoms with Crippen LogP contribution in [0.5, 0.6) is 0 Å². The maximum atomic E-state index is 13.6. The Morgan fingerprint density at radius 3 is 2.36 bits per heavy atom. The molecule has 0 aliphatic rings. The van der Waals surface area contributed by atoms with Crippen LogP contribution in [0.3, 0.4) is 0 Å². The Hall–Kier alpha value is -2.44. The average Bonchev–Trinajstić information content (AvgIpc) is 2.68. The number of halogens is 1. The molecule has 6 heteroatoms. The van der Waals surface area contributed by atoms with Crippen LogP contribution in [-0.2, 0) is 27.1 Å². The molecule has 0 heterocycles. The molecule has 0 saturated heterocycles. The van der Waals surface area contributed by atoms with Crippen LogP contribution in [-0.4, -0.2) is 15.9 Å². The van der Waals surface area contributed by atoms with E-state index in [4.69, 9.17) is 0 Å². The lowest BCUT2D eigenvalue weighted by molar-refractivity contribution is -0.113. The highest BCUT2D eigenvalue weighted by Crippen LogP contribution is 2.21. The molecule has 1 N–H and O–H groups in total. The third-order valence-electron chi connectivity index (χ3n) is 3.90. The second-order valence-corrected chi connectivity index (χ2v) is 8.66. The number of carbonyl (C=O) groups is 1. The van der Waals surface area contributed by atoms with E-state index >= 15 is 0 Å². The first-order valence-corrected chi connectivity index (χ1v) is 11.2. The van der Waals surface area contributed by atoms with Gasteiger partial charge < -0.3 is 5.32 Å². The normalized spacial score (nSPS) is 11.8. The molecule has 0 spiro atoms. The molecular weight excluding hydrogens is 393 g/mol. The quantitative estimate of drug-likeness (QED) is 0.528. The van der Waals surface area contributed by atoms with Gasteiger partial charge in [0.1, 0.15) is 5.82 Å². The molecule has 0 aliphatic heterocycles. The Morgan fingerprint density at radius 2 is 1.57 bits per heavy atom. The first kappa shape index (κ1) is 20.3. The van der Waals surface area contributed by atoms with Crippen molar-refractivity contribution in [2.24, 2.45) is 0 Å². The first-order valence-electron chi connectivity index (χ1n) is 8.75. The molecule has 0 aromatic heterocycles. The molecule has 0 radical (unpaired) electrons. The van der Waals surface area contributed by atoms with Crippen molar-refractivity contribution in [1.29, 1.82) is 0 Å². The number of hydrogen-bond acceptors (Lipinski definition) is 3. The maximum absolute atomic E-state index is 13.6. The number of amides is 1. The summed E-state index contributed by atoms with van der Waals surface area (Å²) in [6.07, 6.45) is 0. The fourth-order valence-electron chi connectivity index (χ4n) is 2.64. The van der Waals surface area contributed by atoms with Crippen molar-refractivity contribution in [1.82, 2.24) is 0 Å². The van der Waals surface area contributed by atoms with Gasteiger partial charge in [-0.25, -0.2) is 4.39 Å². The molecule has 3 aromatic carbocycles. The molecular formula is C22H20FNO2S2. The first-order chi connectivity index (χ1) is 13.6. The smallest absolute Gasteiger partial charge is 0.234 e. The van der Waals surface area contributed by atoms with E-state index in [1.165, 1.54) is 6.07 Å². The molecule has 1 unspecified atom stereocenters. The minimum atomic E-state index is -1.03. The van der Waals surface area contributed by atoms with E-state index in [9.17, 15) is 13.4 Å². The summed E-state index contributed by atoms with van der Waals surface area (Å²) in [7, 11) is -1.03. The third-order valence-corrected chi connectivity index (χ3v) is 6.26. The SMILES string of the molecule is O=C(CSc1ccccc1F)Nc1cccc(CS(=O)Cc2ccccc2)c1. The van der Waals surface area contributed by atoms with Crippen LogP contribution in [0, 0.1) is 5.82 Å². The number of anilines is 1. The van der Waals surface area contributed by atoms with Crippen LogP contribution in [0.15, 0.2) is 83.8 Å². The molecule has 0 aliphatic carbocycles. The molecule has 28 heavy (non-hydrogen) atoms. The highest BCUT2D eigenvalue weighted by atomic mass is 32.2. The van der Waals surface area contributed by atoms with Crippen molar-refractivity contribution in [2.75, 3.05) is 11.1 Å². The van der Waals surface area contributed by atoms with Crippen molar-refractivity contribution >= 4 is 34.2 Å². The van der Waals surface area contributed by atoms with Gasteiger partial charge in [0.2, 0.25) is 5.91 Å². The number of nitrogens with one attached hydrogen (secondary N) is 1. The van der Waals surface area contributed by atoms with E-state index in [1.807, 2.05) is 48.5 Å². The fourth-order valence-corrected chi connectivity index (χ4v) is 4.60. The highest BCUT2D eigenvalue weighted by molar-refractivity contribution is 8.00. The summed E-state index contributed by atoms with van der Waals surface area (Å²) >= 11 is 1.15. The van der Waals surface area contributed by atoms with Gasteiger partial charge in [0.25, 0.3) is 0 Å². The number of hydrogen-bond donors (Lipinski definition) is 1. The monoisotopic (exact) mass is 413 g/mol. The Labute approximate surface area is 170 Å². The predicted octanol–water partition coefficient (Wildman–Crippen LogP) is 5.01. The molecule has 0 fully saturated rings. The van der Waals surface area contributed by atoms with E-state index in [0.717, 1.165) is 22.9 Å². The number of thioether (sulfide) groups is 1. The van der Waals surface area contributed by atoms with Crippen LogP contribution in [0.1, 0.15) is 11.1 Å². The van der Waals surface area contributed by atoms with Gasteiger partial charge in [-0.15, -0.1) is 11.8 Å². The number of benzene rings is 3. The van der Waals surface area contributed by atoms with Crippen molar-refractivity contribution in [3.8, 4) is 0 Å². The molecule has 0 saturated carbocycles. The lowest BCUT2D eigenvalue weighted by Gasteiger charge is -2.08. The third kappa shape index (κ3) is 6.32. The van der Waals surface area contributed by atoms with Crippen LogP contribution < -0.4 is 5.32 Å². The van der Waals surface area contributed by atoms with Gasteiger partial charge in [-0.1, -0.05) is 54.6 Å². The van der Waals surface area contributed by atoms with Gasteiger partial charge in [-0.2, -0.15) is 0 Å². The largest absolute Gasteiger partial charge is 0.325 e. The van der Waals surface area contributed by atoms with Gasteiger partial charge >= 0.3 is 0 Å². The summed E-state index contributed by atoms with van der Waals surface area (Å²) in [5.41, 5.74) is 2.58. The summed E-state index contributed by atoms with van der Waals surface area (Å²) in [5.74, 6) is 0.490. The summed E-state index contributed by atoms with van der Waals surface area (Å²) in [4.78, 5) is 12.6. The van der Waals surface area contributed by atoms with Crippen LogP contribution in [0.2, 0.25) is 0 Å². The standard InChI is InChI=1S/C22H20FNO2S2/c23-20-11-4-5-12-21(20)27-14-22(25)24-19-10-6-9-18(13-19)16-28(26)15-17-7-2-1-3-8-17/h1-13H,14-16H2,(H,24,25). The molecule has 144 valence electrons. The second-order valence-electron chi connectivity index (χ2n) is 6.18. The lowest BCUT2D eigenvalue weighted by atomic mass is 10.2. The molecule has 3 rings (SSSR count). The van der Waals surface area contributed by atoms with Crippen LogP contribution in [0.25, 0.3) is 0 Å². The topological polar surface area (TPSA) is 46.2 Å². The molecule has 1 atom stereocenters. The van der Waals surface area contributed by atoms with Gasteiger partial charge in [0.05, 0.1) is 5.75 Å². The van der Waals surface area contributed by atoms with Crippen molar-refractivity contribution < 1.29 is 13.4 Å². The summed E-state index contributed by atoms with van der Waals surface area (Å²) in [5, 5.41) is 2.81. The van der Waals surface area contributed by atoms with Crippen molar-refractivity contribution in [2.45, 2.75) is 16.4 Å². The fraction of sp³-hybridized carbons (Fsp3) is 0.136. The average molecular weight is 414 g/mol. The Kier molecular flexibility index (Phi) is 7.39. The van der Waals surface area contributed by atoms with Crippen LogP contribution >= 0.6 is 11.8 Å². The Bertz CT molecular complexity index is 964. The summed E-state index contributed by atoms with van der Waals surface area (Å²) < 4.78 is 26.0. The highest BCUT2D eigenvalue weighted by Gasteiger charge is 2.08. The number of carbonyl (C=O) groups excluding carboxylic acids is 1. The zero-order valence-corrected chi connectivity index (χ0v) is 16.8. The van der Waals surface area contributed by atoms with Gasteiger partial charge in [0.15, 0.2) is 0 Å². The Morgan fingerprint density at radius 1 is 0.893 bits per heavy atom.